The van der Waals surface area contributed by atoms with Crippen molar-refractivity contribution in [1.82, 2.24) is 20.1 Å². The van der Waals surface area contributed by atoms with Gasteiger partial charge in [-0.3, -0.25) is 44.1 Å². The summed E-state index contributed by atoms with van der Waals surface area (Å²) < 4.78 is 15.2. The largest absolute Gasteiger partial charge is 0.380 e. The van der Waals surface area contributed by atoms with Gasteiger partial charge in [-0.05, 0) is 42.3 Å². The summed E-state index contributed by atoms with van der Waals surface area (Å²) in [6.45, 7) is 3.61. The predicted molar refractivity (Wildman–Crippen MR) is 157 cm³/mol. The smallest absolute Gasteiger partial charge is 0.267 e. The van der Waals surface area contributed by atoms with Crippen molar-refractivity contribution >= 4 is 40.9 Å². The molecule has 44 heavy (non-hydrogen) atoms. The first kappa shape index (κ1) is 28.9. The number of anilines is 2. The first-order valence-corrected chi connectivity index (χ1v) is 14.3. The second kappa shape index (κ2) is 11.8. The van der Waals surface area contributed by atoms with Crippen LogP contribution in [-0.2, 0) is 22.7 Å². The molecule has 4 heterocycles. The van der Waals surface area contributed by atoms with Gasteiger partial charge in [0.1, 0.15) is 17.6 Å². The number of hydrogen-bond donors (Lipinski definition) is 3. The van der Waals surface area contributed by atoms with Crippen LogP contribution in [0.3, 0.4) is 0 Å². The van der Waals surface area contributed by atoms with Crippen molar-refractivity contribution in [3.63, 3.8) is 0 Å². The highest BCUT2D eigenvalue weighted by atomic mass is 19.1. The summed E-state index contributed by atoms with van der Waals surface area (Å²) in [6.07, 6.45) is 1.67. The van der Waals surface area contributed by atoms with Crippen LogP contribution in [0.2, 0.25) is 0 Å². The normalized spacial score (nSPS) is 18.8. The molecule has 2 saturated heterocycles. The molecule has 12 nitrogen and oxygen atoms in total. The third kappa shape index (κ3) is 5.61. The average Bonchev–Trinajstić information content (AvgIpc) is 3.27. The van der Waals surface area contributed by atoms with Crippen LogP contribution in [0.1, 0.15) is 55.2 Å². The number of rotatable bonds is 8. The van der Waals surface area contributed by atoms with E-state index in [0.717, 1.165) is 42.3 Å². The van der Waals surface area contributed by atoms with E-state index >= 15 is 4.39 Å². The fraction of sp³-hybridized carbons (Fsp3) is 0.290. The number of fused-ring (bicyclic) bond motifs is 1. The van der Waals surface area contributed by atoms with Crippen molar-refractivity contribution in [3.05, 3.63) is 88.5 Å². The number of primary amides is 1. The lowest BCUT2D eigenvalue weighted by Crippen LogP contribution is -2.54. The quantitative estimate of drug-likeness (QED) is 0.328. The van der Waals surface area contributed by atoms with Gasteiger partial charge in [0.25, 0.3) is 17.7 Å². The monoisotopic (exact) mass is 599 g/mol. The number of amides is 5. The van der Waals surface area contributed by atoms with Crippen molar-refractivity contribution in [3.8, 4) is 0 Å². The fourth-order valence-corrected chi connectivity index (χ4v) is 5.86. The van der Waals surface area contributed by atoms with Gasteiger partial charge >= 0.3 is 0 Å². The zero-order valence-corrected chi connectivity index (χ0v) is 23.7. The van der Waals surface area contributed by atoms with Gasteiger partial charge in [-0.25, -0.2) is 4.39 Å². The molecule has 0 radical (unpaired) electrons. The van der Waals surface area contributed by atoms with Crippen LogP contribution in [0.5, 0.6) is 0 Å². The molecule has 3 aliphatic rings. The Kier molecular flexibility index (Phi) is 7.78. The number of nitrogens with two attached hydrogens (primary N) is 1. The van der Waals surface area contributed by atoms with Crippen molar-refractivity contribution in [1.29, 1.82) is 0 Å². The molecule has 1 aromatic heterocycles. The number of carbonyl (C=O) groups is 5. The number of benzene rings is 2. The lowest BCUT2D eigenvalue weighted by molar-refractivity contribution is -0.136. The molecule has 0 aliphatic carbocycles. The Balaban J connectivity index is 1.07. The highest BCUT2D eigenvalue weighted by molar-refractivity contribution is 6.25. The molecule has 4 N–H and O–H groups in total. The number of carbonyl (C=O) groups excluding carboxylic acids is 5. The first-order chi connectivity index (χ1) is 21.2. The van der Waals surface area contributed by atoms with Gasteiger partial charge in [0.2, 0.25) is 11.8 Å². The maximum Gasteiger partial charge on any atom is 0.267 e. The molecule has 226 valence electrons. The predicted octanol–water partition coefficient (Wildman–Crippen LogP) is 1.66. The Labute approximate surface area is 252 Å². The second-order valence-electron chi connectivity index (χ2n) is 11.0. The van der Waals surface area contributed by atoms with Crippen LogP contribution in [0.25, 0.3) is 0 Å². The Hall–Kier alpha value is -5.17. The van der Waals surface area contributed by atoms with Crippen LogP contribution in [0.4, 0.5) is 15.8 Å². The number of nitrogens with one attached hydrogen (secondary N) is 2. The summed E-state index contributed by atoms with van der Waals surface area (Å²) in [4.78, 5) is 71.0. The van der Waals surface area contributed by atoms with Gasteiger partial charge in [0.15, 0.2) is 0 Å². The van der Waals surface area contributed by atoms with Gasteiger partial charge in [-0.15, -0.1) is 0 Å². The van der Waals surface area contributed by atoms with Crippen LogP contribution >= 0.6 is 0 Å². The van der Waals surface area contributed by atoms with Crippen LogP contribution in [-0.4, -0.2) is 76.5 Å². The highest BCUT2D eigenvalue weighted by Gasteiger charge is 2.45. The van der Waals surface area contributed by atoms with E-state index in [-0.39, 0.29) is 36.2 Å². The molecular weight excluding hydrogens is 569 g/mol. The van der Waals surface area contributed by atoms with Crippen molar-refractivity contribution < 1.29 is 28.4 Å². The molecule has 6 rings (SSSR count). The molecule has 2 fully saturated rings. The number of piperazine rings is 1. The maximum absolute atomic E-state index is 15.2. The minimum absolute atomic E-state index is 0.0329. The van der Waals surface area contributed by atoms with Crippen LogP contribution < -0.4 is 21.3 Å². The second-order valence-corrected chi connectivity index (χ2v) is 11.0. The third-order valence-electron chi connectivity index (χ3n) is 8.19. The molecule has 13 heteroatoms. The minimum atomic E-state index is -1.06. The van der Waals surface area contributed by atoms with Crippen LogP contribution in [0.15, 0.2) is 54.7 Å². The molecule has 1 unspecified atom stereocenters. The van der Waals surface area contributed by atoms with Gasteiger partial charge in [-0.2, -0.15) is 0 Å². The van der Waals surface area contributed by atoms with Gasteiger partial charge in [0.05, 0.1) is 11.1 Å². The van der Waals surface area contributed by atoms with Gasteiger partial charge in [-0.1, -0.05) is 18.2 Å². The summed E-state index contributed by atoms with van der Waals surface area (Å²) in [6, 6.07) is 12.3. The average molecular weight is 600 g/mol. The number of hydrogen-bond acceptors (Lipinski definition) is 9. The van der Waals surface area contributed by atoms with E-state index < -0.39 is 41.4 Å². The number of pyridine rings is 1. The zero-order valence-electron chi connectivity index (χ0n) is 23.7. The van der Waals surface area contributed by atoms with E-state index in [4.69, 9.17) is 5.73 Å². The van der Waals surface area contributed by atoms with Gasteiger partial charge in [0, 0.05) is 68.8 Å². The maximum atomic E-state index is 15.2. The van der Waals surface area contributed by atoms with Crippen molar-refractivity contribution in [2.45, 2.75) is 32.0 Å². The molecule has 1 atom stereocenters. The summed E-state index contributed by atoms with van der Waals surface area (Å²) >= 11 is 0. The standard InChI is InChI=1S/C31H30FN7O5/c32-22-14-18(17-37-10-12-38(13-11-37)20-8-9-34-24(15-20)28(33)41)4-5-19(22)16-35-23-3-1-2-21-27(23)31(44)39(30(21)43)25-6-7-26(40)36-29(25)42/h1-5,8-9,14-15,25,35H,6-7,10-13,16-17H2,(H2,33,41)(H,36,40,42). The fourth-order valence-electron chi connectivity index (χ4n) is 5.86. The SMILES string of the molecule is NC(=O)c1cc(N2CCN(Cc3ccc(CNc4cccc5c4C(=O)N(C4CCC(=O)NC4=O)C5=O)c(F)c3)CC2)ccn1. The molecule has 3 aromatic rings. The number of halogens is 1. The number of aromatic nitrogens is 1. The van der Waals surface area contributed by atoms with E-state index in [1.807, 2.05) is 12.1 Å². The third-order valence-corrected chi connectivity index (χ3v) is 8.19. The van der Waals surface area contributed by atoms with E-state index in [9.17, 15) is 24.0 Å². The Bertz CT molecular complexity index is 1690. The summed E-state index contributed by atoms with van der Waals surface area (Å²) in [7, 11) is 0. The Morgan fingerprint density at radius 2 is 1.82 bits per heavy atom. The summed E-state index contributed by atoms with van der Waals surface area (Å²) in [5.74, 6) is -3.32. The lowest BCUT2D eigenvalue weighted by atomic mass is 10.0. The highest BCUT2D eigenvalue weighted by Crippen LogP contribution is 2.33. The molecule has 0 bridgehead atoms. The van der Waals surface area contributed by atoms with Crippen LogP contribution in [0, 0.1) is 5.82 Å². The molecule has 2 aromatic carbocycles. The van der Waals surface area contributed by atoms with E-state index in [1.54, 1.807) is 30.5 Å². The lowest BCUT2D eigenvalue weighted by Gasteiger charge is -2.36. The zero-order chi connectivity index (χ0) is 31.0. The molecule has 0 spiro atoms. The van der Waals surface area contributed by atoms with E-state index in [2.05, 4.69) is 25.4 Å². The van der Waals surface area contributed by atoms with Crippen molar-refractivity contribution in [2.75, 3.05) is 36.4 Å². The number of piperidine rings is 1. The Morgan fingerprint density at radius 3 is 2.55 bits per heavy atom. The molecule has 3 aliphatic heterocycles. The molecule has 5 amide bonds. The topological polar surface area (TPSA) is 158 Å². The summed E-state index contributed by atoms with van der Waals surface area (Å²) in [5, 5.41) is 5.27. The minimum Gasteiger partial charge on any atom is -0.380 e. The summed E-state index contributed by atoms with van der Waals surface area (Å²) in [5.41, 5.74) is 8.29. The van der Waals surface area contributed by atoms with E-state index in [1.165, 1.54) is 12.1 Å². The van der Waals surface area contributed by atoms with Gasteiger partial charge < -0.3 is 16.0 Å². The number of imide groups is 2. The first-order valence-electron chi connectivity index (χ1n) is 14.3. The number of nitrogens with zero attached hydrogens (tertiary/aromatic N) is 4. The van der Waals surface area contributed by atoms with E-state index in [0.29, 0.717) is 17.8 Å². The molecule has 0 saturated carbocycles. The molecular formula is C31H30FN7O5. The van der Waals surface area contributed by atoms with Crippen molar-refractivity contribution in [2.24, 2.45) is 5.73 Å². The Morgan fingerprint density at radius 1 is 1.02 bits per heavy atom.